The molecule has 0 aromatic heterocycles. The number of carbonyl (C=O) groups is 1. The van der Waals surface area contributed by atoms with E-state index in [0.29, 0.717) is 40.3 Å². The number of fused-ring (bicyclic) bond motifs is 1. The molecule has 18 nitrogen and oxygen atoms in total. The van der Waals surface area contributed by atoms with E-state index < -0.39 is 14.8 Å². The van der Waals surface area contributed by atoms with Gasteiger partial charge in [0, 0.05) is 89.5 Å². The highest BCUT2D eigenvalue weighted by Crippen LogP contribution is 2.38. The molecule has 0 spiro atoms. The molecular formula is C42H47N5O13. The number of non-ortho nitro benzene ring substituents is 3. The maximum absolute atomic E-state index is 13.3. The van der Waals surface area contributed by atoms with E-state index >= 15 is 0 Å². The van der Waals surface area contributed by atoms with E-state index in [-0.39, 0.29) is 109 Å². The zero-order valence-corrected chi connectivity index (χ0v) is 33.4. The molecule has 1 aliphatic carbocycles. The lowest BCUT2D eigenvalue weighted by Crippen LogP contribution is -2.37. The Morgan fingerprint density at radius 2 is 1.47 bits per heavy atom. The number of rotatable bonds is 17. The molecule has 1 saturated carbocycles. The van der Waals surface area contributed by atoms with Crippen molar-refractivity contribution in [3.05, 3.63) is 125 Å². The quantitative estimate of drug-likeness (QED) is 0.0687. The fourth-order valence-electron chi connectivity index (χ4n) is 7.69. The van der Waals surface area contributed by atoms with Crippen molar-refractivity contribution in [1.82, 2.24) is 5.32 Å². The summed E-state index contributed by atoms with van der Waals surface area (Å²) >= 11 is 0. The van der Waals surface area contributed by atoms with Crippen LogP contribution < -0.4 is 19.7 Å². The number of hydrogen-bond donors (Lipinski definition) is 3. The van der Waals surface area contributed by atoms with Crippen LogP contribution in [0.25, 0.3) is 0 Å². The second-order valence-electron chi connectivity index (χ2n) is 15.5. The second-order valence-corrected chi connectivity index (χ2v) is 15.5. The van der Waals surface area contributed by atoms with Crippen molar-refractivity contribution >= 4 is 28.7 Å². The first-order valence-corrected chi connectivity index (χ1v) is 19.5. The van der Waals surface area contributed by atoms with Gasteiger partial charge in [-0.3, -0.25) is 35.1 Å². The van der Waals surface area contributed by atoms with E-state index in [1.807, 2.05) is 0 Å². The van der Waals surface area contributed by atoms with Crippen molar-refractivity contribution in [2.24, 2.45) is 17.8 Å². The van der Waals surface area contributed by atoms with Crippen LogP contribution in [-0.2, 0) is 47.1 Å². The van der Waals surface area contributed by atoms with E-state index in [4.69, 9.17) is 18.9 Å². The van der Waals surface area contributed by atoms with Crippen LogP contribution in [0, 0.1) is 48.1 Å². The average molecular weight is 830 g/mol. The van der Waals surface area contributed by atoms with Gasteiger partial charge in [-0.05, 0) is 60.9 Å². The van der Waals surface area contributed by atoms with Crippen LogP contribution in [-0.4, -0.2) is 50.4 Å². The van der Waals surface area contributed by atoms with Crippen LogP contribution in [0.2, 0.25) is 0 Å². The van der Waals surface area contributed by atoms with Gasteiger partial charge in [-0.2, -0.15) is 0 Å². The molecule has 1 aliphatic heterocycles. The first kappa shape index (κ1) is 43.1. The molecular weight excluding hydrogens is 782 g/mol. The minimum atomic E-state index is -0.622. The molecule has 1 fully saturated rings. The van der Waals surface area contributed by atoms with Crippen LogP contribution >= 0.6 is 0 Å². The van der Waals surface area contributed by atoms with Gasteiger partial charge in [-0.25, -0.2) is 0 Å². The standard InChI is InChI=1S/C42H47N5O13/c1-25(2)36-8-4-26(3)12-40(36)59-23-41(50)43-18-27-13-35(17-31-21-57-24-60-42(27)31)44(19-28-14-32(45(51)52)5-9-37(28)48)20-29-15-34(47(55)56)7-11-39(29)58-22-30-16-33(46(53)54)6-10-38(30)49/h5-7,9-11,13-17,25-26,36,40,48-49H,4,8,12,18-24H2,1-3H3,(H,43,50). The van der Waals surface area contributed by atoms with Crippen molar-refractivity contribution in [3.63, 3.8) is 0 Å². The summed E-state index contributed by atoms with van der Waals surface area (Å²) in [6, 6.07) is 14.4. The number of phenolic OH excluding ortho intramolecular Hbond substituents is 2. The molecule has 0 bridgehead atoms. The van der Waals surface area contributed by atoms with Crippen LogP contribution in [0.3, 0.4) is 0 Å². The van der Waals surface area contributed by atoms with Crippen molar-refractivity contribution in [2.45, 2.75) is 79.0 Å². The molecule has 1 amide bonds. The molecule has 18 heteroatoms. The van der Waals surface area contributed by atoms with Gasteiger partial charge in [0.05, 0.1) is 27.5 Å². The van der Waals surface area contributed by atoms with Gasteiger partial charge in [0.2, 0.25) is 5.91 Å². The van der Waals surface area contributed by atoms with E-state index in [1.165, 1.54) is 30.3 Å². The number of amides is 1. The summed E-state index contributed by atoms with van der Waals surface area (Å²) in [5, 5.41) is 59.5. The third kappa shape index (κ3) is 10.6. The molecule has 4 aromatic carbocycles. The number of nitro groups is 3. The Kier molecular flexibility index (Phi) is 13.7. The fourth-order valence-corrected chi connectivity index (χ4v) is 7.69. The van der Waals surface area contributed by atoms with E-state index in [2.05, 4.69) is 26.1 Å². The van der Waals surface area contributed by atoms with Crippen molar-refractivity contribution in [2.75, 3.05) is 18.3 Å². The summed E-state index contributed by atoms with van der Waals surface area (Å²) in [7, 11) is 0. The number of carbonyl (C=O) groups excluding carboxylic acids is 1. The highest BCUT2D eigenvalue weighted by molar-refractivity contribution is 5.77. The number of nitrogens with zero attached hydrogens (tertiary/aromatic N) is 4. The lowest BCUT2D eigenvalue weighted by atomic mass is 9.75. The summed E-state index contributed by atoms with van der Waals surface area (Å²) in [4.78, 5) is 48.3. The highest BCUT2D eigenvalue weighted by Gasteiger charge is 2.32. The van der Waals surface area contributed by atoms with Gasteiger partial charge in [-0.15, -0.1) is 0 Å². The van der Waals surface area contributed by atoms with Crippen LogP contribution in [0.5, 0.6) is 23.0 Å². The first-order chi connectivity index (χ1) is 28.7. The Morgan fingerprint density at radius 1 is 0.850 bits per heavy atom. The molecule has 318 valence electrons. The summed E-state index contributed by atoms with van der Waals surface area (Å²) in [5.41, 5.74) is 1.31. The topological polar surface area (TPSA) is 239 Å². The molecule has 1 heterocycles. The van der Waals surface area contributed by atoms with Crippen LogP contribution in [0.4, 0.5) is 22.7 Å². The van der Waals surface area contributed by atoms with Gasteiger partial charge >= 0.3 is 0 Å². The third-order valence-electron chi connectivity index (χ3n) is 10.9. The summed E-state index contributed by atoms with van der Waals surface area (Å²) in [5.74, 6) is 1.05. The number of aromatic hydroxyl groups is 2. The predicted octanol–water partition coefficient (Wildman–Crippen LogP) is 7.57. The van der Waals surface area contributed by atoms with E-state index in [9.17, 15) is 45.4 Å². The Hall–Kier alpha value is -6.53. The van der Waals surface area contributed by atoms with E-state index in [0.717, 1.165) is 43.5 Å². The monoisotopic (exact) mass is 829 g/mol. The van der Waals surface area contributed by atoms with Crippen LogP contribution in [0.15, 0.2) is 66.7 Å². The minimum absolute atomic E-state index is 0.0286. The molecule has 60 heavy (non-hydrogen) atoms. The summed E-state index contributed by atoms with van der Waals surface area (Å²) in [6.07, 6.45) is 3.01. The number of nitro benzene ring substituents is 3. The largest absolute Gasteiger partial charge is 0.508 e. The maximum Gasteiger partial charge on any atom is 0.270 e. The summed E-state index contributed by atoms with van der Waals surface area (Å²) < 4.78 is 23.7. The number of phenols is 2. The fraction of sp³-hybridized carbons (Fsp3) is 0.405. The Morgan fingerprint density at radius 3 is 2.13 bits per heavy atom. The SMILES string of the molecule is CC1CCC(C(C)C)C(OCC(=O)NCc2cc(N(Cc3cc([N+](=O)[O-])ccc3O)Cc3cc([N+](=O)[O-])ccc3OCc3cc([N+](=O)[O-])ccc3O)cc3c2OCOC3)C1. The normalized spacial score (nSPS) is 17.3. The number of anilines is 1. The molecule has 0 radical (unpaired) electrons. The number of benzene rings is 4. The predicted molar refractivity (Wildman–Crippen MR) is 216 cm³/mol. The van der Waals surface area contributed by atoms with Gasteiger partial charge in [0.15, 0.2) is 6.79 Å². The van der Waals surface area contributed by atoms with Crippen molar-refractivity contribution in [1.29, 1.82) is 0 Å². The zero-order chi connectivity index (χ0) is 43.1. The Labute approximate surface area is 345 Å². The molecule has 0 saturated heterocycles. The molecule has 6 rings (SSSR count). The van der Waals surface area contributed by atoms with Gasteiger partial charge < -0.3 is 39.4 Å². The molecule has 3 N–H and O–H groups in total. The Balaban J connectivity index is 1.33. The lowest BCUT2D eigenvalue weighted by molar-refractivity contribution is -0.385. The smallest absolute Gasteiger partial charge is 0.270 e. The third-order valence-corrected chi connectivity index (χ3v) is 10.9. The van der Waals surface area contributed by atoms with Crippen molar-refractivity contribution < 1.29 is 48.7 Å². The number of hydrogen-bond acceptors (Lipinski definition) is 14. The Bertz CT molecular complexity index is 2250. The van der Waals surface area contributed by atoms with Gasteiger partial charge in [-0.1, -0.05) is 27.2 Å². The molecule has 4 aromatic rings. The van der Waals surface area contributed by atoms with Gasteiger partial charge in [0.25, 0.3) is 17.1 Å². The zero-order valence-electron chi connectivity index (χ0n) is 33.4. The number of ether oxygens (including phenoxy) is 4. The number of nitrogens with one attached hydrogen (secondary N) is 1. The maximum atomic E-state index is 13.3. The highest BCUT2D eigenvalue weighted by atomic mass is 16.7. The van der Waals surface area contributed by atoms with Crippen LogP contribution in [0.1, 0.15) is 67.9 Å². The first-order valence-electron chi connectivity index (χ1n) is 19.5. The molecule has 3 unspecified atom stereocenters. The van der Waals surface area contributed by atoms with E-state index in [1.54, 1.807) is 17.0 Å². The lowest BCUT2D eigenvalue weighted by Gasteiger charge is -2.37. The minimum Gasteiger partial charge on any atom is -0.508 e. The average Bonchev–Trinajstić information content (AvgIpc) is 3.22. The second kappa shape index (κ2) is 19.0. The van der Waals surface area contributed by atoms with Gasteiger partial charge in [0.1, 0.15) is 36.2 Å². The summed E-state index contributed by atoms with van der Waals surface area (Å²) in [6.45, 7) is 5.88. The molecule has 3 atom stereocenters. The molecule has 2 aliphatic rings. The van der Waals surface area contributed by atoms with Crippen molar-refractivity contribution in [3.8, 4) is 23.0 Å².